The molecule has 1 aromatic rings. The summed E-state index contributed by atoms with van der Waals surface area (Å²) in [6.07, 6.45) is 0.337. The number of carbonyl (C=O) groups is 2. The summed E-state index contributed by atoms with van der Waals surface area (Å²) in [5.74, 6) is 0.282. The first-order chi connectivity index (χ1) is 8.99. The molecule has 5 heteroatoms. The highest BCUT2D eigenvalue weighted by molar-refractivity contribution is 5.99. The van der Waals surface area contributed by atoms with Gasteiger partial charge in [0.2, 0.25) is 5.91 Å². The van der Waals surface area contributed by atoms with Gasteiger partial charge in [0.1, 0.15) is 5.75 Å². The number of nitrogens with two attached hydrogens (primary N) is 1. The van der Waals surface area contributed by atoms with Gasteiger partial charge in [-0.15, -0.1) is 0 Å². The Balaban J connectivity index is 2.21. The number of carbonyl (C=O) groups excluding carboxylic acids is 2. The minimum atomic E-state index is -0.497. The van der Waals surface area contributed by atoms with Gasteiger partial charge in [-0.25, -0.2) is 0 Å². The Morgan fingerprint density at radius 2 is 2.21 bits per heavy atom. The fraction of sp³-hybridized carbons (Fsp3) is 0.429. The quantitative estimate of drug-likeness (QED) is 0.890. The lowest BCUT2D eigenvalue weighted by Gasteiger charge is -2.33. The number of amides is 2. The predicted octanol–water partition coefficient (Wildman–Crippen LogP) is 1.37. The SMILES string of the molecule is Cc1ccc2c(c1)OC(C)C(=O)N2CCCC(N)=O. The van der Waals surface area contributed by atoms with Crippen LogP contribution in [-0.4, -0.2) is 24.5 Å². The molecule has 2 rings (SSSR count). The first-order valence-corrected chi connectivity index (χ1v) is 6.36. The average Bonchev–Trinajstić information content (AvgIpc) is 2.33. The fourth-order valence-electron chi connectivity index (χ4n) is 2.16. The van der Waals surface area contributed by atoms with Crippen LogP contribution in [-0.2, 0) is 9.59 Å². The van der Waals surface area contributed by atoms with E-state index in [0.29, 0.717) is 18.7 Å². The molecule has 0 aromatic heterocycles. The number of fused-ring (bicyclic) bond motifs is 1. The van der Waals surface area contributed by atoms with Crippen LogP contribution in [0.4, 0.5) is 5.69 Å². The number of benzene rings is 1. The third kappa shape index (κ3) is 2.86. The summed E-state index contributed by atoms with van der Waals surface area (Å²) in [7, 11) is 0. The normalized spacial score (nSPS) is 17.9. The van der Waals surface area contributed by atoms with Gasteiger partial charge >= 0.3 is 0 Å². The van der Waals surface area contributed by atoms with Crippen LogP contribution >= 0.6 is 0 Å². The molecule has 0 radical (unpaired) electrons. The zero-order chi connectivity index (χ0) is 14.0. The summed E-state index contributed by atoms with van der Waals surface area (Å²) in [5.41, 5.74) is 6.96. The van der Waals surface area contributed by atoms with Crippen molar-refractivity contribution in [1.29, 1.82) is 0 Å². The molecule has 1 aromatic carbocycles. The average molecular weight is 262 g/mol. The van der Waals surface area contributed by atoms with Crippen LogP contribution in [0.1, 0.15) is 25.3 Å². The topological polar surface area (TPSA) is 72.6 Å². The molecule has 0 spiro atoms. The van der Waals surface area contributed by atoms with Gasteiger partial charge in [-0.05, 0) is 38.0 Å². The third-order valence-electron chi connectivity index (χ3n) is 3.13. The molecule has 5 nitrogen and oxygen atoms in total. The Labute approximate surface area is 112 Å². The molecule has 0 aliphatic carbocycles. The van der Waals surface area contributed by atoms with Gasteiger partial charge in [0.05, 0.1) is 5.69 Å². The lowest BCUT2D eigenvalue weighted by atomic mass is 10.1. The second-order valence-electron chi connectivity index (χ2n) is 4.79. The maximum Gasteiger partial charge on any atom is 0.267 e. The molecule has 1 atom stereocenters. The van der Waals surface area contributed by atoms with Crippen molar-refractivity contribution in [3.8, 4) is 5.75 Å². The lowest BCUT2D eigenvalue weighted by Crippen LogP contribution is -2.45. The van der Waals surface area contributed by atoms with Crippen LogP contribution in [0.5, 0.6) is 5.75 Å². The van der Waals surface area contributed by atoms with Gasteiger partial charge in [0.25, 0.3) is 5.91 Å². The Kier molecular flexibility index (Phi) is 3.74. The van der Waals surface area contributed by atoms with E-state index in [1.807, 2.05) is 25.1 Å². The molecule has 0 saturated heterocycles. The van der Waals surface area contributed by atoms with Crippen molar-refractivity contribution < 1.29 is 14.3 Å². The fourth-order valence-corrected chi connectivity index (χ4v) is 2.16. The molecule has 0 bridgehead atoms. The molecular weight excluding hydrogens is 244 g/mol. The van der Waals surface area contributed by atoms with Gasteiger partial charge < -0.3 is 15.4 Å². The molecule has 2 amide bonds. The first kappa shape index (κ1) is 13.4. The van der Waals surface area contributed by atoms with Gasteiger partial charge in [0, 0.05) is 13.0 Å². The van der Waals surface area contributed by atoms with E-state index in [4.69, 9.17) is 10.5 Å². The number of ether oxygens (including phenoxy) is 1. The summed E-state index contributed by atoms with van der Waals surface area (Å²) in [4.78, 5) is 24.6. The summed E-state index contributed by atoms with van der Waals surface area (Å²) in [6.45, 7) is 4.18. The van der Waals surface area contributed by atoms with Crippen LogP contribution < -0.4 is 15.4 Å². The van der Waals surface area contributed by atoms with E-state index >= 15 is 0 Å². The maximum absolute atomic E-state index is 12.1. The summed E-state index contributed by atoms with van der Waals surface area (Å²) >= 11 is 0. The van der Waals surface area contributed by atoms with Crippen LogP contribution in [0.2, 0.25) is 0 Å². The van der Waals surface area contributed by atoms with E-state index in [9.17, 15) is 9.59 Å². The standard InChI is InChI=1S/C14H18N2O3/c1-9-5-6-11-12(8-9)19-10(2)14(18)16(11)7-3-4-13(15)17/h5-6,8,10H,3-4,7H2,1-2H3,(H2,15,17). The number of primary amides is 1. The highest BCUT2D eigenvalue weighted by atomic mass is 16.5. The van der Waals surface area contributed by atoms with Gasteiger partial charge in [-0.1, -0.05) is 6.07 Å². The number of rotatable bonds is 4. The largest absolute Gasteiger partial charge is 0.479 e. The molecule has 1 aliphatic rings. The van der Waals surface area contributed by atoms with Crippen molar-refractivity contribution >= 4 is 17.5 Å². The van der Waals surface area contributed by atoms with Crippen molar-refractivity contribution in [3.63, 3.8) is 0 Å². The summed E-state index contributed by atoms with van der Waals surface area (Å²) < 4.78 is 5.60. The lowest BCUT2D eigenvalue weighted by molar-refractivity contribution is -0.125. The van der Waals surface area contributed by atoms with E-state index < -0.39 is 6.10 Å². The third-order valence-corrected chi connectivity index (χ3v) is 3.13. The van der Waals surface area contributed by atoms with E-state index in [1.54, 1.807) is 11.8 Å². The van der Waals surface area contributed by atoms with Gasteiger partial charge in [-0.2, -0.15) is 0 Å². The number of anilines is 1. The highest BCUT2D eigenvalue weighted by Gasteiger charge is 2.30. The van der Waals surface area contributed by atoms with Gasteiger partial charge in [0.15, 0.2) is 6.10 Å². The summed E-state index contributed by atoms with van der Waals surface area (Å²) in [5, 5.41) is 0. The molecule has 1 heterocycles. The maximum atomic E-state index is 12.1. The smallest absolute Gasteiger partial charge is 0.267 e. The number of aryl methyl sites for hydroxylation is 1. The summed E-state index contributed by atoms with van der Waals surface area (Å²) in [6, 6.07) is 5.73. The van der Waals surface area contributed by atoms with Crippen molar-refractivity contribution in [3.05, 3.63) is 23.8 Å². The van der Waals surface area contributed by atoms with Crippen LogP contribution in [0.25, 0.3) is 0 Å². The zero-order valence-electron chi connectivity index (χ0n) is 11.2. The number of hydrogen-bond donors (Lipinski definition) is 1. The van der Waals surface area contributed by atoms with Gasteiger partial charge in [-0.3, -0.25) is 9.59 Å². The second-order valence-corrected chi connectivity index (χ2v) is 4.79. The van der Waals surface area contributed by atoms with Crippen molar-refractivity contribution in [2.45, 2.75) is 32.8 Å². The molecule has 102 valence electrons. The molecular formula is C14H18N2O3. The minimum absolute atomic E-state index is 0.0826. The Morgan fingerprint density at radius 1 is 1.47 bits per heavy atom. The van der Waals surface area contributed by atoms with Crippen LogP contribution in [0.3, 0.4) is 0 Å². The Morgan fingerprint density at radius 3 is 2.89 bits per heavy atom. The highest BCUT2D eigenvalue weighted by Crippen LogP contribution is 2.34. The minimum Gasteiger partial charge on any atom is -0.479 e. The molecule has 2 N–H and O–H groups in total. The van der Waals surface area contributed by atoms with Crippen molar-refractivity contribution in [2.75, 3.05) is 11.4 Å². The molecule has 19 heavy (non-hydrogen) atoms. The Bertz CT molecular complexity index is 513. The second kappa shape index (κ2) is 5.30. The Hall–Kier alpha value is -2.04. The number of nitrogens with zero attached hydrogens (tertiary/aromatic N) is 1. The molecule has 0 saturated carbocycles. The van der Waals surface area contributed by atoms with E-state index in [2.05, 4.69) is 0 Å². The zero-order valence-corrected chi connectivity index (χ0v) is 11.2. The number of hydrogen-bond acceptors (Lipinski definition) is 3. The van der Waals surface area contributed by atoms with E-state index in [0.717, 1.165) is 11.3 Å². The monoisotopic (exact) mass is 262 g/mol. The van der Waals surface area contributed by atoms with E-state index in [-0.39, 0.29) is 18.2 Å². The molecule has 0 fully saturated rings. The predicted molar refractivity (Wildman–Crippen MR) is 72.1 cm³/mol. The van der Waals surface area contributed by atoms with Crippen molar-refractivity contribution in [2.24, 2.45) is 5.73 Å². The van der Waals surface area contributed by atoms with Crippen LogP contribution in [0.15, 0.2) is 18.2 Å². The molecule has 1 unspecified atom stereocenters. The van der Waals surface area contributed by atoms with Crippen LogP contribution in [0, 0.1) is 6.92 Å². The van der Waals surface area contributed by atoms with E-state index in [1.165, 1.54) is 0 Å². The molecule has 1 aliphatic heterocycles. The first-order valence-electron chi connectivity index (χ1n) is 6.36. The van der Waals surface area contributed by atoms with Crippen molar-refractivity contribution in [1.82, 2.24) is 0 Å².